The Kier molecular flexibility index (Phi) is 5.93. The third-order valence-corrected chi connectivity index (χ3v) is 2.63. The van der Waals surface area contributed by atoms with E-state index in [1.165, 1.54) is 7.11 Å². The maximum Gasteiger partial charge on any atom is 0.323 e. The number of hydrogen-bond donors (Lipinski definition) is 0. The number of esters is 2. The van der Waals surface area contributed by atoms with Crippen LogP contribution < -0.4 is 0 Å². The van der Waals surface area contributed by atoms with Gasteiger partial charge in [0.2, 0.25) is 0 Å². The van der Waals surface area contributed by atoms with Gasteiger partial charge in [0, 0.05) is 13.1 Å². The molecule has 1 saturated heterocycles. The molecule has 1 heterocycles. The molecule has 6 nitrogen and oxygen atoms in total. The maximum atomic E-state index is 11.6. The monoisotopic (exact) mass is 245 g/mol. The van der Waals surface area contributed by atoms with Crippen LogP contribution in [0.25, 0.3) is 0 Å². The molecule has 0 aromatic carbocycles. The second-order valence-corrected chi connectivity index (χ2v) is 3.70. The van der Waals surface area contributed by atoms with Gasteiger partial charge in [0.15, 0.2) is 0 Å². The standard InChI is InChI=1S/C11H19NO5/c1-3-17-10(13)8-9(11(14)15-2)12-4-6-16-7-5-12/h9H,3-8H2,1-2H3. The Hall–Kier alpha value is -1.14. The van der Waals surface area contributed by atoms with E-state index in [4.69, 9.17) is 14.2 Å². The third kappa shape index (κ3) is 4.32. The summed E-state index contributed by atoms with van der Waals surface area (Å²) in [6, 6.07) is -0.567. The van der Waals surface area contributed by atoms with Crippen molar-refractivity contribution in [3.63, 3.8) is 0 Å². The van der Waals surface area contributed by atoms with Gasteiger partial charge in [0.1, 0.15) is 6.04 Å². The molecule has 0 aromatic heterocycles. The second kappa shape index (κ2) is 7.24. The fraction of sp³-hybridized carbons (Fsp3) is 0.818. The molecule has 17 heavy (non-hydrogen) atoms. The van der Waals surface area contributed by atoms with E-state index in [9.17, 15) is 9.59 Å². The van der Waals surface area contributed by atoms with Crippen molar-refractivity contribution in [1.82, 2.24) is 4.90 Å². The average molecular weight is 245 g/mol. The molecule has 0 spiro atoms. The molecule has 1 aliphatic rings. The van der Waals surface area contributed by atoms with Crippen molar-refractivity contribution in [3.05, 3.63) is 0 Å². The zero-order chi connectivity index (χ0) is 12.7. The van der Waals surface area contributed by atoms with Crippen LogP contribution >= 0.6 is 0 Å². The molecule has 1 aliphatic heterocycles. The van der Waals surface area contributed by atoms with Crippen LogP contribution in [0.4, 0.5) is 0 Å². The summed E-state index contributed by atoms with van der Waals surface area (Å²) < 4.78 is 14.8. The summed E-state index contributed by atoms with van der Waals surface area (Å²) in [7, 11) is 1.32. The highest BCUT2D eigenvalue weighted by molar-refractivity contribution is 5.82. The Morgan fingerprint density at radius 2 is 2.00 bits per heavy atom. The first-order valence-electron chi connectivity index (χ1n) is 5.74. The highest BCUT2D eigenvalue weighted by Crippen LogP contribution is 2.10. The molecular formula is C11H19NO5. The summed E-state index contributed by atoms with van der Waals surface area (Å²) in [6.45, 7) is 4.43. The molecule has 6 heteroatoms. The molecule has 98 valence electrons. The van der Waals surface area contributed by atoms with Gasteiger partial charge in [0.05, 0.1) is 33.4 Å². The Morgan fingerprint density at radius 3 is 2.53 bits per heavy atom. The van der Waals surface area contributed by atoms with E-state index in [1.54, 1.807) is 6.92 Å². The van der Waals surface area contributed by atoms with Gasteiger partial charge in [-0.1, -0.05) is 0 Å². The normalized spacial score (nSPS) is 18.5. The second-order valence-electron chi connectivity index (χ2n) is 3.70. The number of rotatable bonds is 5. The zero-order valence-electron chi connectivity index (χ0n) is 10.3. The number of hydrogen-bond acceptors (Lipinski definition) is 6. The Labute approximate surface area is 101 Å². The van der Waals surface area contributed by atoms with Crippen LogP contribution in [0.1, 0.15) is 13.3 Å². The molecule has 0 aliphatic carbocycles. The first-order chi connectivity index (χ1) is 8.19. The van der Waals surface area contributed by atoms with Crippen molar-refractivity contribution in [2.45, 2.75) is 19.4 Å². The lowest BCUT2D eigenvalue weighted by molar-refractivity contribution is -0.156. The summed E-state index contributed by atoms with van der Waals surface area (Å²) in [4.78, 5) is 25.0. The van der Waals surface area contributed by atoms with Crippen LogP contribution in [0.3, 0.4) is 0 Å². The van der Waals surface area contributed by atoms with Gasteiger partial charge in [-0.15, -0.1) is 0 Å². The molecule has 0 N–H and O–H groups in total. The lowest BCUT2D eigenvalue weighted by Crippen LogP contribution is -2.48. The van der Waals surface area contributed by atoms with E-state index in [2.05, 4.69) is 0 Å². The average Bonchev–Trinajstić information content (AvgIpc) is 2.36. The first kappa shape index (κ1) is 13.9. The van der Waals surface area contributed by atoms with Crippen LogP contribution in [-0.2, 0) is 23.8 Å². The number of methoxy groups -OCH3 is 1. The van der Waals surface area contributed by atoms with E-state index >= 15 is 0 Å². The highest BCUT2D eigenvalue weighted by atomic mass is 16.5. The summed E-state index contributed by atoms with van der Waals surface area (Å²) in [6.07, 6.45) is 0.0283. The molecule has 0 aromatic rings. The smallest absolute Gasteiger partial charge is 0.323 e. The van der Waals surface area contributed by atoms with Crippen molar-refractivity contribution in [2.75, 3.05) is 40.0 Å². The van der Waals surface area contributed by atoms with Gasteiger partial charge >= 0.3 is 11.9 Å². The predicted molar refractivity (Wildman–Crippen MR) is 59.4 cm³/mol. The van der Waals surface area contributed by atoms with Crippen LogP contribution in [0, 0.1) is 0 Å². The van der Waals surface area contributed by atoms with Crippen LogP contribution in [-0.4, -0.2) is 62.9 Å². The van der Waals surface area contributed by atoms with E-state index < -0.39 is 12.0 Å². The Balaban J connectivity index is 2.58. The first-order valence-corrected chi connectivity index (χ1v) is 5.74. The van der Waals surface area contributed by atoms with Gasteiger partial charge in [-0.25, -0.2) is 0 Å². The molecule has 0 radical (unpaired) electrons. The maximum absolute atomic E-state index is 11.6. The molecule has 0 saturated carbocycles. The lowest BCUT2D eigenvalue weighted by Gasteiger charge is -2.32. The molecule has 1 atom stereocenters. The molecule has 1 fully saturated rings. The van der Waals surface area contributed by atoms with Crippen molar-refractivity contribution < 1.29 is 23.8 Å². The topological polar surface area (TPSA) is 65.1 Å². The molecule has 1 rings (SSSR count). The summed E-state index contributed by atoms with van der Waals surface area (Å²) in [5, 5.41) is 0. The Morgan fingerprint density at radius 1 is 1.35 bits per heavy atom. The zero-order valence-corrected chi connectivity index (χ0v) is 10.3. The van der Waals surface area contributed by atoms with Crippen molar-refractivity contribution in [3.8, 4) is 0 Å². The van der Waals surface area contributed by atoms with Gasteiger partial charge in [-0.3, -0.25) is 14.5 Å². The number of morpholine rings is 1. The van der Waals surface area contributed by atoms with E-state index in [1.807, 2.05) is 4.90 Å². The van der Waals surface area contributed by atoms with Crippen LogP contribution in [0.2, 0.25) is 0 Å². The number of ether oxygens (including phenoxy) is 3. The molecule has 1 unspecified atom stereocenters. The number of carbonyl (C=O) groups excluding carboxylic acids is 2. The van der Waals surface area contributed by atoms with Crippen molar-refractivity contribution in [2.24, 2.45) is 0 Å². The van der Waals surface area contributed by atoms with Gasteiger partial charge in [-0.2, -0.15) is 0 Å². The van der Waals surface area contributed by atoms with Crippen LogP contribution in [0.5, 0.6) is 0 Å². The lowest BCUT2D eigenvalue weighted by atomic mass is 10.1. The minimum atomic E-state index is -0.567. The SMILES string of the molecule is CCOC(=O)CC(C(=O)OC)N1CCOCC1. The highest BCUT2D eigenvalue weighted by Gasteiger charge is 2.30. The van der Waals surface area contributed by atoms with Crippen LogP contribution in [0.15, 0.2) is 0 Å². The number of carbonyl (C=O) groups is 2. The summed E-state index contributed by atoms with van der Waals surface area (Å²) >= 11 is 0. The number of nitrogens with zero attached hydrogens (tertiary/aromatic N) is 1. The quantitative estimate of drug-likeness (QED) is 0.626. The third-order valence-electron chi connectivity index (χ3n) is 2.63. The minimum absolute atomic E-state index is 0.0283. The van der Waals surface area contributed by atoms with E-state index in [0.717, 1.165) is 0 Å². The van der Waals surface area contributed by atoms with Crippen molar-refractivity contribution in [1.29, 1.82) is 0 Å². The largest absolute Gasteiger partial charge is 0.468 e. The molecule has 0 amide bonds. The fourth-order valence-electron chi connectivity index (χ4n) is 1.76. The predicted octanol–water partition coefficient (Wildman–Crippen LogP) is -0.187. The fourth-order valence-corrected chi connectivity index (χ4v) is 1.76. The van der Waals surface area contributed by atoms with Gasteiger partial charge in [-0.05, 0) is 6.92 Å². The van der Waals surface area contributed by atoms with Gasteiger partial charge in [0.25, 0.3) is 0 Å². The van der Waals surface area contributed by atoms with E-state index in [0.29, 0.717) is 32.9 Å². The summed E-state index contributed by atoms with van der Waals surface area (Å²) in [5.41, 5.74) is 0. The molecule has 0 bridgehead atoms. The Bertz CT molecular complexity index is 263. The van der Waals surface area contributed by atoms with Gasteiger partial charge < -0.3 is 14.2 Å². The molecular weight excluding hydrogens is 226 g/mol. The van der Waals surface area contributed by atoms with Crippen molar-refractivity contribution >= 4 is 11.9 Å². The minimum Gasteiger partial charge on any atom is -0.468 e. The van der Waals surface area contributed by atoms with E-state index in [-0.39, 0.29) is 12.4 Å². The summed E-state index contributed by atoms with van der Waals surface area (Å²) in [5.74, 6) is -0.783.